The minimum atomic E-state index is -5.08. The normalized spacial score (nSPS) is 25.4. The van der Waals surface area contributed by atoms with E-state index >= 15 is 0 Å². The average molecular weight is 419 g/mol. The summed E-state index contributed by atoms with van der Waals surface area (Å²) in [7, 11) is 0. The molecular weight excluding hydrogens is 395 g/mol. The Balaban J connectivity index is 0.000000298. The maximum atomic E-state index is 10.6. The highest BCUT2D eigenvalue weighted by molar-refractivity contribution is 5.73. The van der Waals surface area contributed by atoms with Crippen LogP contribution in [0.15, 0.2) is 18.2 Å². The Labute approximate surface area is 166 Å². The van der Waals surface area contributed by atoms with E-state index in [9.17, 15) is 13.2 Å². The number of likely N-dealkylation sites (tertiary alicyclic amines) is 1. The lowest BCUT2D eigenvalue weighted by atomic mass is 9.82. The Morgan fingerprint density at radius 3 is 2.76 bits per heavy atom. The van der Waals surface area contributed by atoms with Gasteiger partial charge in [-0.1, -0.05) is 6.07 Å². The number of ether oxygens (including phenoxy) is 4. The van der Waals surface area contributed by atoms with E-state index in [0.717, 1.165) is 57.6 Å². The van der Waals surface area contributed by atoms with Crippen molar-refractivity contribution < 1.29 is 42.0 Å². The summed E-state index contributed by atoms with van der Waals surface area (Å²) in [4.78, 5) is 11.4. The summed E-state index contributed by atoms with van der Waals surface area (Å²) >= 11 is 0. The van der Waals surface area contributed by atoms with Crippen LogP contribution in [0.25, 0.3) is 0 Å². The van der Waals surface area contributed by atoms with Gasteiger partial charge in [0.25, 0.3) is 0 Å². The maximum absolute atomic E-state index is 10.6. The molecule has 1 aromatic carbocycles. The van der Waals surface area contributed by atoms with Crippen molar-refractivity contribution >= 4 is 5.97 Å². The lowest BCUT2D eigenvalue weighted by molar-refractivity contribution is -0.192. The zero-order chi connectivity index (χ0) is 21.1. The molecular formula is C19H24F3NO6. The van der Waals surface area contributed by atoms with Gasteiger partial charge in [0.2, 0.25) is 6.79 Å². The number of carboxylic acids is 1. The molecule has 4 rings (SSSR count). The molecule has 0 unspecified atom stereocenters. The van der Waals surface area contributed by atoms with Crippen LogP contribution >= 0.6 is 0 Å². The molecule has 0 spiro atoms. The Morgan fingerprint density at radius 1 is 1.34 bits per heavy atom. The lowest BCUT2D eigenvalue weighted by Crippen LogP contribution is -2.35. The van der Waals surface area contributed by atoms with Crippen molar-refractivity contribution in [3.63, 3.8) is 0 Å². The van der Waals surface area contributed by atoms with E-state index in [-0.39, 0.29) is 5.41 Å². The number of carbonyl (C=O) groups is 1. The summed E-state index contributed by atoms with van der Waals surface area (Å²) in [5.41, 5.74) is 1.46. The molecule has 2 atom stereocenters. The second-order valence-corrected chi connectivity index (χ2v) is 7.37. The third-order valence-electron chi connectivity index (χ3n) is 5.27. The average Bonchev–Trinajstić information content (AvgIpc) is 3.33. The van der Waals surface area contributed by atoms with Gasteiger partial charge in [-0.05, 0) is 24.6 Å². The van der Waals surface area contributed by atoms with Crippen molar-refractivity contribution in [3.05, 3.63) is 23.8 Å². The predicted octanol–water partition coefficient (Wildman–Crippen LogP) is 2.53. The first-order chi connectivity index (χ1) is 13.7. The third-order valence-corrected chi connectivity index (χ3v) is 5.27. The lowest BCUT2D eigenvalue weighted by Gasteiger charge is -2.26. The molecule has 0 saturated carbocycles. The number of benzene rings is 1. The summed E-state index contributed by atoms with van der Waals surface area (Å²) in [6.07, 6.45) is -5.08. The van der Waals surface area contributed by atoms with Gasteiger partial charge in [0.1, 0.15) is 0 Å². The quantitative estimate of drug-likeness (QED) is 0.786. The largest absolute Gasteiger partial charge is 0.490 e. The van der Waals surface area contributed by atoms with E-state index in [0.29, 0.717) is 12.7 Å². The smallest absolute Gasteiger partial charge is 0.475 e. The first kappa shape index (κ1) is 21.7. The number of rotatable bonds is 5. The molecule has 0 bridgehead atoms. The van der Waals surface area contributed by atoms with E-state index in [4.69, 9.17) is 28.8 Å². The first-order valence-electron chi connectivity index (χ1n) is 9.30. The highest BCUT2D eigenvalue weighted by Gasteiger charge is 2.50. The number of hydrogen-bond acceptors (Lipinski definition) is 6. The standard InChI is InChI=1S/C17H23NO4.C2HF3O2/c1-2-19-10-17-9-18(7-14(17)8-20-11-17)6-13-3-4-15-16(5-13)22-12-21-15;3-2(4,5)1(6)7/h3-5,14H,2,6-12H2,1H3;(H,6,7)/t14-,17-;/m1./s1. The first-order valence-corrected chi connectivity index (χ1v) is 9.30. The molecule has 3 aliphatic heterocycles. The number of alkyl halides is 3. The molecule has 3 heterocycles. The molecule has 1 aromatic rings. The van der Waals surface area contributed by atoms with Crippen LogP contribution in [0.3, 0.4) is 0 Å². The molecule has 3 aliphatic rings. The highest BCUT2D eigenvalue weighted by atomic mass is 19.4. The van der Waals surface area contributed by atoms with Crippen LogP contribution in [0.4, 0.5) is 13.2 Å². The predicted molar refractivity (Wildman–Crippen MR) is 94.8 cm³/mol. The molecule has 2 saturated heterocycles. The van der Waals surface area contributed by atoms with E-state index in [1.54, 1.807) is 0 Å². The summed E-state index contributed by atoms with van der Waals surface area (Å²) < 4.78 is 54.0. The number of aliphatic carboxylic acids is 1. The van der Waals surface area contributed by atoms with Crippen LogP contribution in [0.2, 0.25) is 0 Å². The van der Waals surface area contributed by atoms with E-state index in [1.807, 2.05) is 6.07 Å². The van der Waals surface area contributed by atoms with E-state index < -0.39 is 12.1 Å². The number of halogens is 3. The molecule has 0 amide bonds. The summed E-state index contributed by atoms with van der Waals surface area (Å²) in [6, 6.07) is 6.24. The second kappa shape index (κ2) is 8.76. The van der Waals surface area contributed by atoms with Gasteiger partial charge >= 0.3 is 12.1 Å². The Morgan fingerprint density at radius 2 is 2.07 bits per heavy atom. The zero-order valence-corrected chi connectivity index (χ0v) is 16.0. The molecule has 0 radical (unpaired) electrons. The minimum Gasteiger partial charge on any atom is -0.475 e. The SMILES string of the molecule is CCOC[C@]12COC[C@H]1CN(Cc1ccc3c(c1)OCO3)C2.O=C(O)C(F)(F)F. The number of nitrogens with zero attached hydrogens (tertiary/aromatic N) is 1. The number of fused-ring (bicyclic) bond motifs is 2. The maximum Gasteiger partial charge on any atom is 0.490 e. The number of carboxylic acid groups (broad SMARTS) is 1. The van der Waals surface area contributed by atoms with Crippen LogP contribution in [0, 0.1) is 11.3 Å². The minimum absolute atomic E-state index is 0.187. The monoisotopic (exact) mass is 419 g/mol. The molecule has 162 valence electrons. The van der Waals surface area contributed by atoms with Crippen molar-refractivity contribution in [2.24, 2.45) is 11.3 Å². The second-order valence-electron chi connectivity index (χ2n) is 7.37. The molecule has 7 nitrogen and oxygen atoms in total. The van der Waals surface area contributed by atoms with E-state index in [2.05, 4.69) is 24.0 Å². The fraction of sp³-hybridized carbons (Fsp3) is 0.632. The molecule has 0 aliphatic carbocycles. The molecule has 0 aromatic heterocycles. The van der Waals surface area contributed by atoms with Crippen molar-refractivity contribution in [1.82, 2.24) is 4.90 Å². The topological polar surface area (TPSA) is 77.5 Å². The third kappa shape index (κ3) is 5.12. The van der Waals surface area contributed by atoms with E-state index in [1.165, 1.54) is 5.56 Å². The molecule has 10 heteroatoms. The van der Waals surface area contributed by atoms with Gasteiger partial charge in [0.05, 0.1) is 19.8 Å². The summed E-state index contributed by atoms with van der Waals surface area (Å²) in [6.45, 7) is 8.75. The van der Waals surface area contributed by atoms with Crippen molar-refractivity contribution in [2.45, 2.75) is 19.6 Å². The molecule has 2 fully saturated rings. The fourth-order valence-corrected chi connectivity index (χ4v) is 3.87. The van der Waals surface area contributed by atoms with Gasteiger partial charge in [-0.25, -0.2) is 4.79 Å². The molecule has 29 heavy (non-hydrogen) atoms. The summed E-state index contributed by atoms with van der Waals surface area (Å²) in [5, 5.41) is 7.12. The summed E-state index contributed by atoms with van der Waals surface area (Å²) in [5.74, 6) is -0.451. The van der Waals surface area contributed by atoms with Crippen LogP contribution in [-0.2, 0) is 20.8 Å². The van der Waals surface area contributed by atoms with Crippen LogP contribution in [0.1, 0.15) is 12.5 Å². The van der Waals surface area contributed by atoms with Crippen LogP contribution < -0.4 is 9.47 Å². The van der Waals surface area contributed by atoms with Gasteiger partial charge in [-0.3, -0.25) is 4.90 Å². The van der Waals surface area contributed by atoms with Gasteiger partial charge in [-0.2, -0.15) is 13.2 Å². The van der Waals surface area contributed by atoms with Crippen molar-refractivity contribution in [2.75, 3.05) is 46.3 Å². The highest BCUT2D eigenvalue weighted by Crippen LogP contribution is 2.42. The van der Waals surface area contributed by atoms with Gasteiger partial charge in [0, 0.05) is 37.6 Å². The fourth-order valence-electron chi connectivity index (χ4n) is 3.87. The van der Waals surface area contributed by atoms with Crippen LogP contribution in [0.5, 0.6) is 11.5 Å². The van der Waals surface area contributed by atoms with Gasteiger partial charge < -0.3 is 24.1 Å². The Hall–Kier alpha value is -2.04. The Bertz CT molecular complexity index is 728. The van der Waals surface area contributed by atoms with Gasteiger partial charge in [-0.15, -0.1) is 0 Å². The zero-order valence-electron chi connectivity index (χ0n) is 16.0. The van der Waals surface area contributed by atoms with Crippen molar-refractivity contribution in [3.8, 4) is 11.5 Å². The number of hydrogen-bond donors (Lipinski definition) is 1. The van der Waals surface area contributed by atoms with Crippen LogP contribution in [-0.4, -0.2) is 68.5 Å². The van der Waals surface area contributed by atoms with Gasteiger partial charge in [0.15, 0.2) is 11.5 Å². The Kier molecular flexibility index (Phi) is 6.55. The molecule has 1 N–H and O–H groups in total. The van der Waals surface area contributed by atoms with Crippen molar-refractivity contribution in [1.29, 1.82) is 0 Å².